The Morgan fingerprint density at radius 1 is 0.679 bits per heavy atom. The van der Waals surface area contributed by atoms with E-state index in [1.807, 2.05) is 0 Å². The summed E-state index contributed by atoms with van der Waals surface area (Å²) in [5.74, 6) is 2.01. The van der Waals surface area contributed by atoms with Gasteiger partial charge in [-0.1, -0.05) is 85.0 Å². The summed E-state index contributed by atoms with van der Waals surface area (Å²) >= 11 is 0. The molecule has 0 amide bonds. The average molecular weight is 369 g/mol. The van der Waals surface area contributed by atoms with E-state index < -0.39 is 0 Å². The lowest BCUT2D eigenvalue weighted by molar-refractivity contribution is 0.443. The highest BCUT2D eigenvalue weighted by Crippen LogP contribution is 2.47. The predicted molar refractivity (Wildman–Crippen MR) is 121 cm³/mol. The summed E-state index contributed by atoms with van der Waals surface area (Å²) in [6.07, 6.45) is 14.4. The molecule has 0 aliphatic heterocycles. The molecule has 1 saturated carbocycles. The number of rotatable bonds is 4. The van der Waals surface area contributed by atoms with Crippen LogP contribution < -0.4 is 0 Å². The minimum Gasteiger partial charge on any atom is -0.0652 e. The average Bonchev–Trinajstić information content (AvgIpc) is 3.22. The minimum absolute atomic E-state index is 0.606. The number of benzene rings is 2. The number of hydrogen-bond acceptors (Lipinski definition) is 0. The van der Waals surface area contributed by atoms with Crippen LogP contribution in [-0.2, 0) is 0 Å². The molecule has 1 fully saturated rings. The van der Waals surface area contributed by atoms with Gasteiger partial charge in [-0.15, -0.1) is 0 Å². The van der Waals surface area contributed by atoms with E-state index >= 15 is 0 Å². The summed E-state index contributed by atoms with van der Waals surface area (Å²) < 4.78 is 0. The first-order valence-corrected chi connectivity index (χ1v) is 11.3. The summed E-state index contributed by atoms with van der Waals surface area (Å²) in [6, 6.07) is 16.1. The molecule has 2 aromatic carbocycles. The zero-order chi connectivity index (χ0) is 19.1. The lowest BCUT2D eigenvalue weighted by Crippen LogP contribution is -2.07. The predicted octanol–water partition coefficient (Wildman–Crippen LogP) is 8.22. The molecule has 0 radical (unpaired) electrons. The van der Waals surface area contributed by atoms with E-state index in [4.69, 9.17) is 0 Å². The molecule has 28 heavy (non-hydrogen) atoms. The molecule has 144 valence electrons. The van der Waals surface area contributed by atoms with Gasteiger partial charge in [0.25, 0.3) is 0 Å². The van der Waals surface area contributed by atoms with E-state index in [1.54, 1.807) is 22.3 Å². The van der Waals surface area contributed by atoms with Crippen LogP contribution in [0.15, 0.2) is 53.6 Å². The van der Waals surface area contributed by atoms with Crippen LogP contribution in [0.4, 0.5) is 0 Å². The molecular weight excluding hydrogens is 336 g/mol. The molecule has 0 heterocycles. The molecule has 0 saturated heterocycles. The van der Waals surface area contributed by atoms with Crippen LogP contribution in [-0.4, -0.2) is 0 Å². The molecule has 3 aliphatic carbocycles. The first-order valence-electron chi connectivity index (χ1n) is 11.3. The summed E-state index contributed by atoms with van der Waals surface area (Å²) in [6.45, 7) is 4.68. The standard InChI is InChI=1S/C28H32/c1-19-17-22-11-6-7-12-26(22)23(19)15-16-24-20(2)18-28-25(13-8-14-27(24)28)21-9-4-3-5-10-21/h6-8,11-14,17-18,21,23-24H,3-5,9-10,15-16H2,1-2H3. The van der Waals surface area contributed by atoms with Gasteiger partial charge in [-0.2, -0.15) is 0 Å². The van der Waals surface area contributed by atoms with Gasteiger partial charge < -0.3 is 0 Å². The van der Waals surface area contributed by atoms with Gasteiger partial charge >= 0.3 is 0 Å². The van der Waals surface area contributed by atoms with Crippen LogP contribution in [0.2, 0.25) is 0 Å². The second-order valence-electron chi connectivity index (χ2n) is 9.27. The lowest BCUT2D eigenvalue weighted by Gasteiger charge is -2.25. The molecule has 2 atom stereocenters. The summed E-state index contributed by atoms with van der Waals surface area (Å²) in [5.41, 5.74) is 10.9. The maximum absolute atomic E-state index is 2.52. The van der Waals surface area contributed by atoms with Gasteiger partial charge in [-0.05, 0) is 73.3 Å². The summed E-state index contributed by atoms with van der Waals surface area (Å²) in [7, 11) is 0. The second-order valence-corrected chi connectivity index (χ2v) is 9.27. The fourth-order valence-corrected chi connectivity index (χ4v) is 6.07. The molecular formula is C28H32. The van der Waals surface area contributed by atoms with Crippen LogP contribution >= 0.6 is 0 Å². The molecule has 0 nitrogen and oxygen atoms in total. The fourth-order valence-electron chi connectivity index (χ4n) is 6.07. The van der Waals surface area contributed by atoms with E-state index in [-0.39, 0.29) is 0 Å². The van der Waals surface area contributed by atoms with Gasteiger partial charge in [0.2, 0.25) is 0 Å². The fraction of sp³-hybridized carbons (Fsp3) is 0.429. The Morgan fingerprint density at radius 2 is 1.32 bits per heavy atom. The highest BCUT2D eigenvalue weighted by atomic mass is 14.3. The van der Waals surface area contributed by atoms with Crippen LogP contribution in [0.25, 0.3) is 12.2 Å². The Morgan fingerprint density at radius 3 is 2.14 bits per heavy atom. The van der Waals surface area contributed by atoms with Crippen molar-refractivity contribution in [2.75, 3.05) is 0 Å². The first-order chi connectivity index (χ1) is 13.7. The van der Waals surface area contributed by atoms with Crippen molar-refractivity contribution in [2.24, 2.45) is 0 Å². The van der Waals surface area contributed by atoms with E-state index in [0.717, 1.165) is 5.92 Å². The maximum atomic E-state index is 2.52. The topological polar surface area (TPSA) is 0 Å². The minimum atomic E-state index is 0.606. The lowest BCUT2D eigenvalue weighted by atomic mass is 9.80. The molecule has 0 aromatic heterocycles. The molecule has 0 N–H and O–H groups in total. The van der Waals surface area contributed by atoms with Crippen molar-refractivity contribution in [1.29, 1.82) is 0 Å². The van der Waals surface area contributed by atoms with Gasteiger partial charge in [0, 0.05) is 11.8 Å². The smallest absolute Gasteiger partial charge is 0.00551 e. The number of hydrogen-bond donors (Lipinski definition) is 0. The summed E-state index contributed by atoms with van der Waals surface area (Å²) in [4.78, 5) is 0. The van der Waals surface area contributed by atoms with Crippen molar-refractivity contribution in [3.63, 3.8) is 0 Å². The van der Waals surface area contributed by atoms with Crippen molar-refractivity contribution >= 4 is 12.2 Å². The van der Waals surface area contributed by atoms with Crippen molar-refractivity contribution in [3.8, 4) is 0 Å². The molecule has 5 rings (SSSR count). The maximum Gasteiger partial charge on any atom is 0.00551 e. The SMILES string of the molecule is CC1=Cc2ccccc2C1CCC1C(C)=Cc2c(C3CCCCC3)cccc21. The van der Waals surface area contributed by atoms with E-state index in [1.165, 1.54) is 61.6 Å². The van der Waals surface area contributed by atoms with Gasteiger partial charge in [0.05, 0.1) is 0 Å². The van der Waals surface area contributed by atoms with E-state index in [9.17, 15) is 0 Å². The molecule has 2 aromatic rings. The third kappa shape index (κ3) is 3.08. The number of fused-ring (bicyclic) bond motifs is 2. The van der Waals surface area contributed by atoms with Crippen molar-refractivity contribution < 1.29 is 0 Å². The molecule has 0 spiro atoms. The summed E-state index contributed by atoms with van der Waals surface area (Å²) in [5, 5.41) is 0. The normalized spacial score (nSPS) is 23.9. The number of allylic oxidation sites excluding steroid dienone is 2. The zero-order valence-electron chi connectivity index (χ0n) is 17.4. The Labute approximate surface area is 170 Å². The molecule has 2 unspecified atom stereocenters. The van der Waals surface area contributed by atoms with Crippen molar-refractivity contribution in [2.45, 2.75) is 76.5 Å². The monoisotopic (exact) mass is 368 g/mol. The first kappa shape index (κ1) is 18.0. The van der Waals surface area contributed by atoms with E-state index in [0.29, 0.717) is 11.8 Å². The van der Waals surface area contributed by atoms with Gasteiger partial charge in [0.1, 0.15) is 0 Å². The molecule has 3 aliphatic rings. The van der Waals surface area contributed by atoms with Crippen molar-refractivity contribution in [1.82, 2.24) is 0 Å². The van der Waals surface area contributed by atoms with Gasteiger partial charge in [0.15, 0.2) is 0 Å². The van der Waals surface area contributed by atoms with Gasteiger partial charge in [-0.25, -0.2) is 0 Å². The third-order valence-electron chi connectivity index (χ3n) is 7.56. The zero-order valence-corrected chi connectivity index (χ0v) is 17.4. The Bertz CT molecular complexity index is 936. The van der Waals surface area contributed by atoms with Crippen LogP contribution in [0.5, 0.6) is 0 Å². The Balaban J connectivity index is 1.38. The van der Waals surface area contributed by atoms with Gasteiger partial charge in [-0.3, -0.25) is 0 Å². The quantitative estimate of drug-likeness (QED) is 0.510. The van der Waals surface area contributed by atoms with Crippen LogP contribution in [0.3, 0.4) is 0 Å². The van der Waals surface area contributed by atoms with E-state index in [2.05, 4.69) is 68.5 Å². The highest BCUT2D eigenvalue weighted by molar-refractivity contribution is 5.70. The largest absolute Gasteiger partial charge is 0.0652 e. The van der Waals surface area contributed by atoms with Crippen molar-refractivity contribution in [3.05, 3.63) is 81.4 Å². The Kier molecular flexibility index (Phi) is 4.75. The molecule has 0 heteroatoms. The van der Waals surface area contributed by atoms with Crippen LogP contribution in [0.1, 0.15) is 104 Å². The Hall–Kier alpha value is -2.08. The highest BCUT2D eigenvalue weighted by Gasteiger charge is 2.29. The third-order valence-corrected chi connectivity index (χ3v) is 7.56. The molecule has 0 bridgehead atoms. The van der Waals surface area contributed by atoms with Crippen LogP contribution in [0, 0.1) is 0 Å². The second kappa shape index (κ2) is 7.39.